The van der Waals surface area contributed by atoms with Crippen LogP contribution in [0.3, 0.4) is 0 Å². The van der Waals surface area contributed by atoms with Crippen LogP contribution in [0.15, 0.2) is 18.2 Å². The molecule has 5 heteroatoms. The molecule has 16 heavy (non-hydrogen) atoms. The van der Waals surface area contributed by atoms with E-state index in [4.69, 9.17) is 23.2 Å². The van der Waals surface area contributed by atoms with Gasteiger partial charge in [0.2, 0.25) is 5.91 Å². The highest BCUT2D eigenvalue weighted by atomic mass is 35.5. The fourth-order valence-electron chi connectivity index (χ4n) is 1.72. The molecule has 1 amide bonds. The smallest absolute Gasteiger partial charge is 0.221 e. The standard InChI is InChI=1S/C11H12Cl2N2O/c12-8-1-7(2-9(13)3-8)5-14-10-4-11(16)15-6-10/h1-3,10,14H,4-6H2,(H,15,16). The van der Waals surface area contributed by atoms with Gasteiger partial charge < -0.3 is 10.6 Å². The second-order valence-corrected chi connectivity index (χ2v) is 4.74. The summed E-state index contributed by atoms with van der Waals surface area (Å²) in [5, 5.41) is 7.32. The van der Waals surface area contributed by atoms with Gasteiger partial charge in [-0.3, -0.25) is 4.79 Å². The summed E-state index contributed by atoms with van der Waals surface area (Å²) in [6.45, 7) is 1.35. The maximum atomic E-state index is 11.0. The first-order chi connectivity index (χ1) is 7.63. The number of halogens is 2. The van der Waals surface area contributed by atoms with Gasteiger partial charge in [-0.15, -0.1) is 0 Å². The van der Waals surface area contributed by atoms with Crippen molar-refractivity contribution in [3.8, 4) is 0 Å². The SMILES string of the molecule is O=C1CC(NCc2cc(Cl)cc(Cl)c2)CN1. The number of benzene rings is 1. The summed E-state index contributed by atoms with van der Waals surface area (Å²) >= 11 is 11.8. The molecular formula is C11H12Cl2N2O. The van der Waals surface area contributed by atoms with Crippen molar-refractivity contribution >= 4 is 29.1 Å². The zero-order valence-corrected chi connectivity index (χ0v) is 10.1. The zero-order chi connectivity index (χ0) is 11.5. The van der Waals surface area contributed by atoms with Gasteiger partial charge in [-0.05, 0) is 23.8 Å². The lowest BCUT2D eigenvalue weighted by molar-refractivity contribution is -0.119. The molecule has 1 unspecified atom stereocenters. The second-order valence-electron chi connectivity index (χ2n) is 3.86. The van der Waals surface area contributed by atoms with E-state index < -0.39 is 0 Å². The summed E-state index contributed by atoms with van der Waals surface area (Å²) in [7, 11) is 0. The Balaban J connectivity index is 1.91. The molecule has 1 heterocycles. The van der Waals surface area contributed by atoms with Crippen LogP contribution in [0.2, 0.25) is 10.0 Å². The van der Waals surface area contributed by atoms with Crippen LogP contribution in [0.25, 0.3) is 0 Å². The molecule has 1 atom stereocenters. The van der Waals surface area contributed by atoms with Gasteiger partial charge in [0.25, 0.3) is 0 Å². The van der Waals surface area contributed by atoms with Crippen molar-refractivity contribution < 1.29 is 4.79 Å². The molecule has 0 spiro atoms. The zero-order valence-electron chi connectivity index (χ0n) is 8.59. The van der Waals surface area contributed by atoms with E-state index >= 15 is 0 Å². The molecule has 1 aliphatic heterocycles. The van der Waals surface area contributed by atoms with Crippen LogP contribution < -0.4 is 10.6 Å². The summed E-state index contributed by atoms with van der Waals surface area (Å²) < 4.78 is 0. The van der Waals surface area contributed by atoms with Gasteiger partial charge in [-0.25, -0.2) is 0 Å². The van der Waals surface area contributed by atoms with E-state index in [1.807, 2.05) is 12.1 Å². The number of amides is 1. The van der Waals surface area contributed by atoms with Crippen molar-refractivity contribution in [2.45, 2.75) is 19.0 Å². The molecule has 1 aliphatic rings. The van der Waals surface area contributed by atoms with Gasteiger partial charge in [0.05, 0.1) is 0 Å². The third-order valence-electron chi connectivity index (χ3n) is 2.49. The summed E-state index contributed by atoms with van der Waals surface area (Å²) in [4.78, 5) is 11.0. The minimum Gasteiger partial charge on any atom is -0.354 e. The molecule has 1 aromatic rings. The van der Waals surface area contributed by atoms with E-state index in [0.717, 1.165) is 5.56 Å². The second kappa shape index (κ2) is 5.04. The van der Waals surface area contributed by atoms with Crippen LogP contribution in [-0.4, -0.2) is 18.5 Å². The van der Waals surface area contributed by atoms with Crippen LogP contribution in [0, 0.1) is 0 Å². The lowest BCUT2D eigenvalue weighted by Crippen LogP contribution is -2.30. The average molecular weight is 259 g/mol. The Morgan fingerprint density at radius 3 is 2.56 bits per heavy atom. The molecule has 0 aliphatic carbocycles. The average Bonchev–Trinajstić information content (AvgIpc) is 2.60. The van der Waals surface area contributed by atoms with Gasteiger partial charge in [-0.1, -0.05) is 23.2 Å². The van der Waals surface area contributed by atoms with Crippen molar-refractivity contribution in [1.29, 1.82) is 0 Å². The molecule has 1 saturated heterocycles. The van der Waals surface area contributed by atoms with Crippen LogP contribution >= 0.6 is 23.2 Å². The maximum Gasteiger partial charge on any atom is 0.221 e. The Kier molecular flexibility index (Phi) is 3.69. The Morgan fingerprint density at radius 1 is 1.31 bits per heavy atom. The number of rotatable bonds is 3. The lowest BCUT2D eigenvalue weighted by Gasteiger charge is -2.10. The van der Waals surface area contributed by atoms with Crippen LogP contribution in [0.1, 0.15) is 12.0 Å². The monoisotopic (exact) mass is 258 g/mol. The predicted octanol–water partition coefficient (Wildman–Crippen LogP) is 1.97. The molecule has 86 valence electrons. The van der Waals surface area contributed by atoms with Crippen LogP contribution in [0.4, 0.5) is 0 Å². The quantitative estimate of drug-likeness (QED) is 0.871. The van der Waals surface area contributed by atoms with Gasteiger partial charge in [0.1, 0.15) is 0 Å². The molecule has 0 bridgehead atoms. The van der Waals surface area contributed by atoms with Gasteiger partial charge in [0.15, 0.2) is 0 Å². The maximum absolute atomic E-state index is 11.0. The van der Waals surface area contributed by atoms with Gasteiger partial charge >= 0.3 is 0 Å². The molecular weight excluding hydrogens is 247 g/mol. The van der Waals surface area contributed by atoms with E-state index in [-0.39, 0.29) is 11.9 Å². The van der Waals surface area contributed by atoms with E-state index in [2.05, 4.69) is 10.6 Å². The Hall–Kier alpha value is -0.770. The van der Waals surface area contributed by atoms with E-state index in [1.54, 1.807) is 6.07 Å². The van der Waals surface area contributed by atoms with Crippen LogP contribution in [-0.2, 0) is 11.3 Å². The van der Waals surface area contributed by atoms with Gasteiger partial charge in [0, 0.05) is 35.6 Å². The van der Waals surface area contributed by atoms with Crippen LogP contribution in [0.5, 0.6) is 0 Å². The Bertz CT molecular complexity index is 389. The first-order valence-electron chi connectivity index (χ1n) is 5.08. The summed E-state index contributed by atoms with van der Waals surface area (Å²) in [6.07, 6.45) is 0.536. The third-order valence-corrected chi connectivity index (χ3v) is 2.93. The number of nitrogens with one attached hydrogen (secondary N) is 2. The van der Waals surface area contributed by atoms with Crippen molar-refractivity contribution in [2.75, 3.05) is 6.54 Å². The lowest BCUT2D eigenvalue weighted by atomic mass is 10.2. The fourth-order valence-corrected chi connectivity index (χ4v) is 2.30. The summed E-state index contributed by atoms with van der Waals surface area (Å²) in [5.74, 6) is 0.0987. The first-order valence-corrected chi connectivity index (χ1v) is 5.84. The molecule has 1 fully saturated rings. The van der Waals surface area contributed by atoms with Crippen molar-refractivity contribution in [2.24, 2.45) is 0 Å². The van der Waals surface area contributed by atoms with Gasteiger partial charge in [-0.2, -0.15) is 0 Å². The molecule has 2 N–H and O–H groups in total. The molecule has 1 aromatic carbocycles. The number of carbonyl (C=O) groups excluding carboxylic acids is 1. The fraction of sp³-hybridized carbons (Fsp3) is 0.364. The minimum atomic E-state index is 0.0987. The Labute approximate surface area is 104 Å². The largest absolute Gasteiger partial charge is 0.354 e. The highest BCUT2D eigenvalue weighted by Crippen LogP contribution is 2.19. The molecule has 3 nitrogen and oxygen atoms in total. The number of carbonyl (C=O) groups is 1. The third kappa shape index (κ3) is 3.11. The summed E-state index contributed by atoms with van der Waals surface area (Å²) in [6, 6.07) is 5.63. The molecule has 0 aromatic heterocycles. The van der Waals surface area contributed by atoms with Crippen molar-refractivity contribution in [3.63, 3.8) is 0 Å². The highest BCUT2D eigenvalue weighted by molar-refractivity contribution is 6.34. The molecule has 0 radical (unpaired) electrons. The Morgan fingerprint density at radius 2 is 2.00 bits per heavy atom. The molecule has 0 saturated carbocycles. The van der Waals surface area contributed by atoms with E-state index in [1.165, 1.54) is 0 Å². The highest BCUT2D eigenvalue weighted by Gasteiger charge is 2.20. The first kappa shape index (κ1) is 11.7. The minimum absolute atomic E-state index is 0.0987. The van der Waals surface area contributed by atoms with E-state index in [9.17, 15) is 4.79 Å². The predicted molar refractivity (Wildman–Crippen MR) is 64.7 cm³/mol. The van der Waals surface area contributed by atoms with Crippen molar-refractivity contribution in [1.82, 2.24) is 10.6 Å². The van der Waals surface area contributed by atoms with E-state index in [0.29, 0.717) is 29.6 Å². The normalized spacial score (nSPS) is 19.9. The van der Waals surface area contributed by atoms with Crippen molar-refractivity contribution in [3.05, 3.63) is 33.8 Å². The molecule has 2 rings (SSSR count). The summed E-state index contributed by atoms with van der Waals surface area (Å²) in [5.41, 5.74) is 1.02. The number of hydrogen-bond donors (Lipinski definition) is 2. The topological polar surface area (TPSA) is 41.1 Å². The number of hydrogen-bond acceptors (Lipinski definition) is 2.